The summed E-state index contributed by atoms with van der Waals surface area (Å²) in [5.41, 5.74) is 2.02. The second-order valence-corrected chi connectivity index (χ2v) is 9.93. The second kappa shape index (κ2) is 9.30. The average Bonchev–Trinajstić information content (AvgIpc) is 3.28. The lowest BCUT2D eigenvalue weighted by molar-refractivity contribution is -0.126. The highest BCUT2D eigenvalue weighted by Gasteiger charge is 2.31. The Morgan fingerprint density at radius 3 is 2.32 bits per heavy atom. The lowest BCUT2D eigenvalue weighted by Crippen LogP contribution is -2.40. The van der Waals surface area contributed by atoms with E-state index in [1.165, 1.54) is 37.8 Å². The van der Waals surface area contributed by atoms with E-state index >= 15 is 0 Å². The van der Waals surface area contributed by atoms with Crippen LogP contribution in [-0.4, -0.2) is 68.5 Å². The summed E-state index contributed by atoms with van der Waals surface area (Å²) in [6.45, 7) is 0.492. The van der Waals surface area contributed by atoms with Crippen molar-refractivity contribution >= 4 is 37.3 Å². The molecule has 3 heterocycles. The standard InChI is InChI=1S/C24H25N3O6S/c1-32-18-14-26-23(33-2)20-19(18)17(13-25-20)21(28)24(29)27-11-9-16(10-12-27)22(34(3,30)31)15-7-5-4-6-8-15/h4-8,13-14,25H,9-12H2,1-3H3. The first-order valence-electron chi connectivity index (χ1n) is 10.7. The van der Waals surface area contributed by atoms with E-state index in [4.69, 9.17) is 9.47 Å². The van der Waals surface area contributed by atoms with Crippen LogP contribution in [0.2, 0.25) is 0 Å². The molecular formula is C24H25N3O6S. The molecule has 0 aliphatic carbocycles. The normalized spacial score (nSPS) is 14.2. The number of Topliss-reactive ketones (excluding diaryl/α,β-unsaturated/α-hetero) is 1. The predicted molar refractivity (Wildman–Crippen MR) is 128 cm³/mol. The maximum Gasteiger partial charge on any atom is 0.295 e. The number of nitrogens with zero attached hydrogens (tertiary/aromatic N) is 2. The van der Waals surface area contributed by atoms with Gasteiger partial charge in [-0.15, -0.1) is 0 Å². The molecule has 1 N–H and O–H groups in total. The number of likely N-dealkylation sites (tertiary alicyclic amines) is 1. The largest absolute Gasteiger partial charge is 0.494 e. The molecule has 0 saturated carbocycles. The number of nitrogens with one attached hydrogen (secondary N) is 1. The van der Waals surface area contributed by atoms with E-state index in [-0.39, 0.29) is 24.5 Å². The van der Waals surface area contributed by atoms with Gasteiger partial charge in [-0.1, -0.05) is 30.3 Å². The van der Waals surface area contributed by atoms with Gasteiger partial charge in [-0.05, 0) is 24.0 Å². The van der Waals surface area contributed by atoms with E-state index in [1.54, 1.807) is 24.3 Å². The van der Waals surface area contributed by atoms with Crippen LogP contribution in [0.1, 0.15) is 28.8 Å². The number of piperidine rings is 1. The molecule has 34 heavy (non-hydrogen) atoms. The molecule has 0 unspecified atom stereocenters. The topological polar surface area (TPSA) is 119 Å². The lowest BCUT2D eigenvalue weighted by atomic mass is 9.99. The number of benzene rings is 1. The van der Waals surface area contributed by atoms with Crippen LogP contribution < -0.4 is 9.47 Å². The summed E-state index contributed by atoms with van der Waals surface area (Å²) in [5, 5.41) is 0.425. The zero-order valence-corrected chi connectivity index (χ0v) is 19.9. The van der Waals surface area contributed by atoms with Crippen molar-refractivity contribution in [2.24, 2.45) is 0 Å². The van der Waals surface area contributed by atoms with Gasteiger partial charge in [0.05, 0.1) is 36.3 Å². The number of pyridine rings is 1. The van der Waals surface area contributed by atoms with Gasteiger partial charge in [0.25, 0.3) is 11.7 Å². The molecular weight excluding hydrogens is 458 g/mol. The number of hydrogen-bond acceptors (Lipinski definition) is 7. The molecule has 1 saturated heterocycles. The SMILES string of the molecule is COc1ncc(OC)c2c(C(=O)C(=O)N3CCC(=C(c4ccccc4)S(C)(=O)=O)CC3)c[nH]c12. The van der Waals surface area contributed by atoms with Gasteiger partial charge in [-0.2, -0.15) is 0 Å². The number of ketones is 1. The first kappa shape index (κ1) is 23.5. The molecule has 178 valence electrons. The fourth-order valence-corrected chi connectivity index (χ4v) is 5.61. The van der Waals surface area contributed by atoms with Gasteiger partial charge in [0.15, 0.2) is 9.84 Å². The van der Waals surface area contributed by atoms with Crippen LogP contribution in [0.3, 0.4) is 0 Å². The summed E-state index contributed by atoms with van der Waals surface area (Å²) in [7, 11) is -0.558. The highest BCUT2D eigenvalue weighted by molar-refractivity contribution is 8.00. The molecule has 0 bridgehead atoms. The number of ether oxygens (including phenoxy) is 2. The van der Waals surface area contributed by atoms with Crippen LogP contribution in [0, 0.1) is 0 Å². The number of fused-ring (bicyclic) bond motifs is 1. The number of carbonyl (C=O) groups excluding carboxylic acids is 2. The highest BCUT2D eigenvalue weighted by Crippen LogP contribution is 2.34. The highest BCUT2D eigenvalue weighted by atomic mass is 32.2. The van der Waals surface area contributed by atoms with Crippen LogP contribution >= 0.6 is 0 Å². The Morgan fingerprint density at radius 2 is 1.74 bits per heavy atom. The number of sulfone groups is 1. The summed E-state index contributed by atoms with van der Waals surface area (Å²) in [5.74, 6) is -0.711. The molecule has 1 aliphatic rings. The summed E-state index contributed by atoms with van der Waals surface area (Å²) >= 11 is 0. The Morgan fingerprint density at radius 1 is 1.06 bits per heavy atom. The molecule has 0 atom stereocenters. The summed E-state index contributed by atoms with van der Waals surface area (Å²) < 4.78 is 35.6. The van der Waals surface area contributed by atoms with Crippen molar-refractivity contribution in [3.63, 3.8) is 0 Å². The maximum atomic E-state index is 13.1. The van der Waals surface area contributed by atoms with E-state index in [9.17, 15) is 18.0 Å². The van der Waals surface area contributed by atoms with E-state index in [0.29, 0.717) is 40.0 Å². The Hall–Kier alpha value is -3.66. The van der Waals surface area contributed by atoms with Crippen molar-refractivity contribution in [2.75, 3.05) is 33.6 Å². The molecule has 9 nitrogen and oxygen atoms in total. The lowest BCUT2D eigenvalue weighted by Gasteiger charge is -2.29. The van der Waals surface area contributed by atoms with Crippen LogP contribution in [-0.2, 0) is 14.6 Å². The van der Waals surface area contributed by atoms with Gasteiger partial charge in [0, 0.05) is 25.5 Å². The number of methoxy groups -OCH3 is 2. The Bertz CT molecular complexity index is 1380. The molecule has 0 radical (unpaired) electrons. The fourth-order valence-electron chi connectivity index (χ4n) is 4.32. The average molecular weight is 484 g/mol. The van der Waals surface area contributed by atoms with Gasteiger partial charge in [0.2, 0.25) is 5.88 Å². The van der Waals surface area contributed by atoms with Gasteiger partial charge < -0.3 is 19.4 Å². The minimum atomic E-state index is -3.47. The van der Waals surface area contributed by atoms with E-state index in [0.717, 1.165) is 5.57 Å². The number of hydrogen-bond donors (Lipinski definition) is 1. The smallest absolute Gasteiger partial charge is 0.295 e. The zero-order valence-electron chi connectivity index (χ0n) is 19.1. The van der Waals surface area contributed by atoms with Crippen LogP contribution in [0.5, 0.6) is 11.6 Å². The van der Waals surface area contributed by atoms with Gasteiger partial charge in [-0.25, -0.2) is 13.4 Å². The number of H-pyrrole nitrogens is 1. The van der Waals surface area contributed by atoms with Crippen molar-refractivity contribution in [3.8, 4) is 11.6 Å². The van der Waals surface area contributed by atoms with Gasteiger partial charge in [0.1, 0.15) is 11.3 Å². The number of aromatic nitrogens is 2. The Kier molecular flexibility index (Phi) is 6.43. The summed E-state index contributed by atoms with van der Waals surface area (Å²) in [6, 6.07) is 8.93. The summed E-state index contributed by atoms with van der Waals surface area (Å²) in [6.07, 6.45) is 4.81. The quantitative estimate of drug-likeness (QED) is 0.423. The third-order valence-electron chi connectivity index (χ3n) is 5.87. The second-order valence-electron chi connectivity index (χ2n) is 7.98. The van der Waals surface area contributed by atoms with E-state index in [2.05, 4.69) is 9.97 Å². The molecule has 2 aromatic heterocycles. The van der Waals surface area contributed by atoms with Crippen LogP contribution in [0.4, 0.5) is 0 Å². The molecule has 1 aliphatic heterocycles. The van der Waals surface area contributed by atoms with Crippen molar-refractivity contribution < 1.29 is 27.5 Å². The Labute approximate surface area is 197 Å². The monoisotopic (exact) mass is 483 g/mol. The van der Waals surface area contributed by atoms with Crippen LogP contribution in [0.25, 0.3) is 15.8 Å². The minimum absolute atomic E-state index is 0.167. The third-order valence-corrected chi connectivity index (χ3v) is 7.14. The molecule has 1 amide bonds. The van der Waals surface area contributed by atoms with E-state index in [1.807, 2.05) is 6.07 Å². The molecule has 10 heteroatoms. The first-order valence-corrected chi connectivity index (χ1v) is 12.5. The molecule has 1 aromatic carbocycles. The van der Waals surface area contributed by atoms with Crippen molar-refractivity contribution in [2.45, 2.75) is 12.8 Å². The molecule has 3 aromatic rings. The number of carbonyl (C=O) groups is 2. The van der Waals surface area contributed by atoms with Crippen LogP contribution in [0.15, 0.2) is 48.3 Å². The zero-order chi connectivity index (χ0) is 24.5. The van der Waals surface area contributed by atoms with Crippen molar-refractivity contribution in [1.82, 2.24) is 14.9 Å². The first-order chi connectivity index (χ1) is 16.3. The number of rotatable bonds is 6. The van der Waals surface area contributed by atoms with Crippen molar-refractivity contribution in [1.29, 1.82) is 0 Å². The van der Waals surface area contributed by atoms with E-state index < -0.39 is 21.5 Å². The minimum Gasteiger partial charge on any atom is -0.494 e. The molecule has 4 rings (SSSR count). The Balaban J connectivity index is 1.60. The van der Waals surface area contributed by atoms with Gasteiger partial charge >= 0.3 is 0 Å². The predicted octanol–water partition coefficient (Wildman–Crippen LogP) is 2.84. The number of amides is 1. The van der Waals surface area contributed by atoms with Gasteiger partial charge in [-0.3, -0.25) is 9.59 Å². The molecule has 1 fully saturated rings. The van der Waals surface area contributed by atoms with Crippen molar-refractivity contribution in [3.05, 3.63) is 59.4 Å². The number of aromatic amines is 1. The fraction of sp³-hybridized carbons (Fsp3) is 0.292. The maximum absolute atomic E-state index is 13.1. The third kappa shape index (κ3) is 4.28. The molecule has 0 spiro atoms. The summed E-state index contributed by atoms with van der Waals surface area (Å²) in [4.78, 5) is 35.1.